The highest BCUT2D eigenvalue weighted by molar-refractivity contribution is 7.98. The third-order valence-electron chi connectivity index (χ3n) is 11.3. The van der Waals surface area contributed by atoms with Gasteiger partial charge in [0.05, 0.1) is 29.9 Å². The van der Waals surface area contributed by atoms with E-state index >= 15 is 0 Å². The number of amides is 1. The molecule has 6 atom stereocenters. The Hall–Kier alpha value is -4.60. The Morgan fingerprint density at radius 2 is 1.77 bits per heavy atom. The summed E-state index contributed by atoms with van der Waals surface area (Å²) in [5.41, 5.74) is 3.59. The van der Waals surface area contributed by atoms with E-state index in [9.17, 15) is 20.3 Å². The molecule has 0 unspecified atom stereocenters. The molecule has 0 radical (unpaired) electrons. The fourth-order valence-corrected chi connectivity index (χ4v) is 9.15. The lowest BCUT2D eigenvalue weighted by Gasteiger charge is -2.59. The van der Waals surface area contributed by atoms with Crippen molar-refractivity contribution in [2.45, 2.75) is 74.5 Å². The van der Waals surface area contributed by atoms with Gasteiger partial charge in [0.15, 0.2) is 0 Å². The van der Waals surface area contributed by atoms with Crippen molar-refractivity contribution < 1.29 is 34.1 Å². The van der Waals surface area contributed by atoms with E-state index in [0.29, 0.717) is 48.5 Å². The van der Waals surface area contributed by atoms with E-state index in [2.05, 4.69) is 24.8 Å². The standard InChI is InChI=1S/C45H53N3O7S/c1-5-25-52-45-41(48(3)44(51)31-15-13-30(29-46)14-16-31)28-39(47-53-6-2)37-26-32(11-7-9-23-49)36(12-8-10-24-50)42(43(37)45)38-27-34(19-22-40(38)55-45)54-33-17-20-35(56-4)21-18-33/h5,13-22,26-27,32,36,41-43,49-50H,1,6-12,23-25,28H2,2-4H3/t32-,36+,41-,42+,43+,45+/m0/s1. The molecule has 0 saturated heterocycles. The largest absolute Gasteiger partial charge is 0.459 e. The van der Waals surface area contributed by atoms with Crippen LogP contribution in [-0.4, -0.2) is 78.3 Å². The first-order valence-corrected chi connectivity index (χ1v) is 20.8. The van der Waals surface area contributed by atoms with Crippen LogP contribution < -0.4 is 9.47 Å². The molecule has 0 spiro atoms. The van der Waals surface area contributed by atoms with Gasteiger partial charge in [-0.05, 0) is 123 Å². The predicted octanol–water partition coefficient (Wildman–Crippen LogP) is 8.50. The number of fused-ring (bicyclic) bond motifs is 2. The van der Waals surface area contributed by atoms with E-state index in [-0.39, 0.29) is 43.5 Å². The first-order chi connectivity index (χ1) is 27.3. The van der Waals surface area contributed by atoms with E-state index in [0.717, 1.165) is 53.2 Å². The van der Waals surface area contributed by atoms with Crippen molar-refractivity contribution in [2.24, 2.45) is 22.9 Å². The molecule has 56 heavy (non-hydrogen) atoms. The molecular weight excluding hydrogens is 727 g/mol. The van der Waals surface area contributed by atoms with Gasteiger partial charge in [0.25, 0.3) is 5.91 Å². The summed E-state index contributed by atoms with van der Waals surface area (Å²) in [6, 6.07) is 22.0. The Kier molecular flexibility index (Phi) is 13.9. The van der Waals surface area contributed by atoms with Crippen molar-refractivity contribution in [3.63, 3.8) is 0 Å². The third-order valence-corrected chi connectivity index (χ3v) is 12.0. The van der Waals surface area contributed by atoms with E-state index in [1.807, 2.05) is 49.6 Å². The molecule has 2 aliphatic carbocycles. The van der Waals surface area contributed by atoms with Crippen LogP contribution in [0.5, 0.6) is 17.2 Å². The Morgan fingerprint density at radius 1 is 1.05 bits per heavy atom. The van der Waals surface area contributed by atoms with Gasteiger partial charge in [-0.3, -0.25) is 4.79 Å². The zero-order chi connectivity index (χ0) is 39.7. The van der Waals surface area contributed by atoms with E-state index < -0.39 is 17.7 Å². The lowest BCUT2D eigenvalue weighted by molar-refractivity contribution is -0.252. The molecule has 1 saturated carbocycles. The number of likely N-dealkylation sites (N-methyl/N-ethyl adjacent to an activating group) is 1. The molecule has 296 valence electrons. The Balaban J connectivity index is 1.55. The number of nitrogens with zero attached hydrogens (tertiary/aromatic N) is 3. The maximum absolute atomic E-state index is 14.4. The molecule has 2 N–H and O–H groups in total. The fraction of sp³-hybridized carbons (Fsp3) is 0.444. The number of aliphatic hydroxyl groups is 2. The topological polar surface area (TPSA) is 134 Å². The molecule has 3 aromatic rings. The monoisotopic (exact) mass is 779 g/mol. The van der Waals surface area contributed by atoms with Crippen LogP contribution in [0.3, 0.4) is 0 Å². The highest BCUT2D eigenvalue weighted by Gasteiger charge is 2.65. The Labute approximate surface area is 334 Å². The normalized spacial score (nSPS) is 24.2. The molecular formula is C45H53N3O7S. The number of unbranched alkanes of at least 4 members (excludes halogenated alkanes) is 2. The first kappa shape index (κ1) is 41.0. The summed E-state index contributed by atoms with van der Waals surface area (Å²) in [6.45, 7) is 6.65. The van der Waals surface area contributed by atoms with Crippen molar-refractivity contribution in [1.82, 2.24) is 4.90 Å². The summed E-state index contributed by atoms with van der Waals surface area (Å²) < 4.78 is 20.7. The number of carbonyl (C=O) groups is 1. The summed E-state index contributed by atoms with van der Waals surface area (Å²) in [5.74, 6) is 0.0540. The number of rotatable bonds is 18. The number of ether oxygens (including phenoxy) is 3. The summed E-state index contributed by atoms with van der Waals surface area (Å²) in [5, 5.41) is 33.8. The summed E-state index contributed by atoms with van der Waals surface area (Å²) in [7, 11) is 1.77. The Bertz CT molecular complexity index is 1920. The number of oxime groups is 1. The maximum Gasteiger partial charge on any atom is 0.254 e. The minimum Gasteiger partial charge on any atom is -0.459 e. The molecule has 0 bridgehead atoms. The number of thioether (sulfide) groups is 1. The average Bonchev–Trinajstić information content (AvgIpc) is 3.23. The van der Waals surface area contributed by atoms with Crippen molar-refractivity contribution in [3.8, 4) is 23.3 Å². The van der Waals surface area contributed by atoms with Gasteiger partial charge < -0.3 is 34.2 Å². The highest BCUT2D eigenvalue weighted by Crippen LogP contribution is 2.62. The first-order valence-electron chi connectivity index (χ1n) is 19.6. The van der Waals surface area contributed by atoms with Gasteiger partial charge in [-0.25, -0.2) is 0 Å². The van der Waals surface area contributed by atoms with Crippen LogP contribution in [-0.2, 0) is 9.57 Å². The number of aliphatic hydroxyl groups excluding tert-OH is 2. The number of benzene rings is 3. The van der Waals surface area contributed by atoms with Crippen LogP contribution >= 0.6 is 11.8 Å². The Morgan fingerprint density at radius 3 is 2.43 bits per heavy atom. The average molecular weight is 780 g/mol. The summed E-state index contributed by atoms with van der Waals surface area (Å²) in [4.78, 5) is 23.0. The summed E-state index contributed by atoms with van der Waals surface area (Å²) in [6.07, 6.45) is 11.1. The highest BCUT2D eigenvalue weighted by atomic mass is 32.2. The quantitative estimate of drug-likeness (QED) is 0.0564. The molecule has 3 aromatic carbocycles. The second kappa shape index (κ2) is 19.0. The smallest absolute Gasteiger partial charge is 0.254 e. The number of allylic oxidation sites excluding steroid dienone is 1. The van der Waals surface area contributed by atoms with Crippen LogP contribution in [0.1, 0.15) is 79.3 Å². The molecule has 0 aromatic heterocycles. The zero-order valence-electron chi connectivity index (χ0n) is 32.6. The fourth-order valence-electron chi connectivity index (χ4n) is 8.75. The third kappa shape index (κ3) is 8.54. The van der Waals surface area contributed by atoms with E-state index in [4.69, 9.17) is 24.2 Å². The molecule has 1 heterocycles. The van der Waals surface area contributed by atoms with Gasteiger partial charge in [0, 0.05) is 48.6 Å². The SMILES string of the molecule is C=CCO[C@@]12Oc3ccc(Oc4ccc(SC)cc4)cc3[C@H]3[C@H](CCCCO)[C@@H](CCCCO)C=C(C(=NOCC)C[C@@H]1N(C)C(=O)c1ccc(C#N)cc1)[C@H]32. The van der Waals surface area contributed by atoms with Gasteiger partial charge in [0.1, 0.15) is 29.9 Å². The van der Waals surface area contributed by atoms with Crippen molar-refractivity contribution >= 4 is 23.4 Å². The summed E-state index contributed by atoms with van der Waals surface area (Å²) >= 11 is 1.67. The number of hydrogen-bond donors (Lipinski definition) is 2. The molecule has 1 fully saturated rings. The molecule has 1 aliphatic heterocycles. The molecule has 6 rings (SSSR count). The second-order valence-corrected chi connectivity index (χ2v) is 15.5. The van der Waals surface area contributed by atoms with Crippen molar-refractivity contribution in [3.05, 3.63) is 108 Å². The van der Waals surface area contributed by atoms with Crippen LogP contribution in [0.2, 0.25) is 0 Å². The second-order valence-electron chi connectivity index (χ2n) is 14.6. The van der Waals surface area contributed by atoms with Gasteiger partial charge >= 0.3 is 0 Å². The number of carbonyl (C=O) groups excluding carboxylic acids is 1. The number of hydrogen-bond acceptors (Lipinski definition) is 10. The minimum absolute atomic E-state index is 0.0890. The lowest BCUT2D eigenvalue weighted by atomic mass is 9.55. The van der Waals surface area contributed by atoms with Gasteiger partial charge in [-0.1, -0.05) is 30.1 Å². The van der Waals surface area contributed by atoms with E-state index in [1.165, 1.54) is 0 Å². The maximum atomic E-state index is 14.4. The van der Waals surface area contributed by atoms with Crippen molar-refractivity contribution in [2.75, 3.05) is 39.7 Å². The van der Waals surface area contributed by atoms with Crippen LogP contribution in [0.4, 0.5) is 0 Å². The lowest BCUT2D eigenvalue weighted by Crippen LogP contribution is -2.69. The van der Waals surface area contributed by atoms with Gasteiger partial charge in [0.2, 0.25) is 5.79 Å². The predicted molar refractivity (Wildman–Crippen MR) is 218 cm³/mol. The van der Waals surface area contributed by atoms with Crippen LogP contribution in [0.15, 0.2) is 101 Å². The van der Waals surface area contributed by atoms with Crippen LogP contribution in [0.25, 0.3) is 0 Å². The molecule has 11 heteroatoms. The van der Waals surface area contributed by atoms with Crippen molar-refractivity contribution in [1.29, 1.82) is 5.26 Å². The zero-order valence-corrected chi connectivity index (χ0v) is 33.4. The molecule has 10 nitrogen and oxygen atoms in total. The van der Waals surface area contributed by atoms with Gasteiger partial charge in [-0.15, -0.1) is 18.3 Å². The molecule has 3 aliphatic rings. The minimum atomic E-state index is -1.36. The number of nitriles is 1. The van der Waals surface area contributed by atoms with Crippen LogP contribution in [0, 0.1) is 29.1 Å². The van der Waals surface area contributed by atoms with Gasteiger partial charge in [-0.2, -0.15) is 5.26 Å². The molecule has 1 amide bonds. The van der Waals surface area contributed by atoms with E-state index in [1.54, 1.807) is 54.1 Å².